The topological polar surface area (TPSA) is 45.9 Å². The Morgan fingerprint density at radius 1 is 1.24 bits per heavy atom. The summed E-state index contributed by atoms with van der Waals surface area (Å²) < 4.78 is 5.66. The standard InChI is InChI=1S/C15H12Cl2N2OS/c1-2-7-21-15-6-5-14(13(9-18)19-15)20-10-3-4-11(16)12(17)8-10/h3-6,8H,2,7H2,1H3. The van der Waals surface area contributed by atoms with Crippen LogP contribution in [0.1, 0.15) is 19.0 Å². The van der Waals surface area contributed by atoms with Gasteiger partial charge in [-0.3, -0.25) is 0 Å². The van der Waals surface area contributed by atoms with Gasteiger partial charge in [0.15, 0.2) is 11.4 Å². The van der Waals surface area contributed by atoms with Gasteiger partial charge in [0.25, 0.3) is 0 Å². The van der Waals surface area contributed by atoms with Crippen molar-refractivity contribution in [2.45, 2.75) is 18.4 Å². The van der Waals surface area contributed by atoms with Crippen LogP contribution < -0.4 is 4.74 Å². The van der Waals surface area contributed by atoms with Crippen LogP contribution in [0.2, 0.25) is 10.0 Å². The number of aromatic nitrogens is 1. The fourth-order valence-electron chi connectivity index (χ4n) is 1.55. The molecule has 1 aromatic heterocycles. The first-order valence-electron chi connectivity index (χ1n) is 6.31. The molecule has 0 aliphatic heterocycles. The second kappa shape index (κ2) is 7.56. The minimum absolute atomic E-state index is 0.252. The van der Waals surface area contributed by atoms with Gasteiger partial charge in [-0.05, 0) is 36.4 Å². The first-order valence-corrected chi connectivity index (χ1v) is 8.05. The molecule has 0 aliphatic rings. The molecule has 0 atom stereocenters. The first kappa shape index (κ1) is 16.0. The Bertz CT molecular complexity index is 686. The van der Waals surface area contributed by atoms with E-state index in [1.54, 1.807) is 36.0 Å². The van der Waals surface area contributed by atoms with E-state index in [4.69, 9.17) is 27.9 Å². The third-order valence-corrected chi connectivity index (χ3v) is 4.39. The number of thioether (sulfide) groups is 1. The van der Waals surface area contributed by atoms with Crippen molar-refractivity contribution in [1.29, 1.82) is 5.26 Å². The van der Waals surface area contributed by atoms with Crippen LogP contribution in [0.25, 0.3) is 0 Å². The Hall–Kier alpha value is -1.41. The molecule has 0 fully saturated rings. The molecule has 0 N–H and O–H groups in total. The highest BCUT2D eigenvalue weighted by Crippen LogP contribution is 2.31. The predicted octanol–water partition coefficient (Wildman–Crippen LogP) is 5.55. The van der Waals surface area contributed by atoms with Crippen molar-refractivity contribution in [3.63, 3.8) is 0 Å². The zero-order valence-electron chi connectivity index (χ0n) is 11.3. The third-order valence-electron chi connectivity index (χ3n) is 2.51. The Kier molecular flexibility index (Phi) is 5.75. The second-order valence-electron chi connectivity index (χ2n) is 4.13. The molecule has 108 valence electrons. The molecule has 2 rings (SSSR count). The van der Waals surface area contributed by atoms with Crippen LogP contribution in [0.5, 0.6) is 11.5 Å². The van der Waals surface area contributed by atoms with Gasteiger partial charge >= 0.3 is 0 Å². The van der Waals surface area contributed by atoms with Crippen molar-refractivity contribution in [3.8, 4) is 17.6 Å². The van der Waals surface area contributed by atoms with E-state index in [1.807, 2.05) is 6.07 Å². The van der Waals surface area contributed by atoms with Gasteiger partial charge < -0.3 is 4.74 Å². The lowest BCUT2D eigenvalue weighted by atomic mass is 10.3. The summed E-state index contributed by atoms with van der Waals surface area (Å²) in [5.41, 5.74) is 0.252. The van der Waals surface area contributed by atoms with Gasteiger partial charge in [0.1, 0.15) is 11.8 Å². The van der Waals surface area contributed by atoms with Crippen LogP contribution >= 0.6 is 35.0 Å². The second-order valence-corrected chi connectivity index (χ2v) is 6.06. The van der Waals surface area contributed by atoms with Crippen molar-refractivity contribution in [2.24, 2.45) is 0 Å². The van der Waals surface area contributed by atoms with E-state index in [1.165, 1.54) is 0 Å². The Labute approximate surface area is 137 Å². The average molecular weight is 339 g/mol. The zero-order chi connectivity index (χ0) is 15.2. The van der Waals surface area contributed by atoms with E-state index in [2.05, 4.69) is 18.0 Å². The van der Waals surface area contributed by atoms with E-state index >= 15 is 0 Å². The van der Waals surface area contributed by atoms with Crippen LogP contribution in [-0.2, 0) is 0 Å². The lowest BCUT2D eigenvalue weighted by Gasteiger charge is -2.09. The van der Waals surface area contributed by atoms with Gasteiger partial charge in [0, 0.05) is 6.07 Å². The Morgan fingerprint density at radius 2 is 2.05 bits per heavy atom. The molecule has 0 saturated heterocycles. The molecular formula is C15H12Cl2N2OS. The van der Waals surface area contributed by atoms with Gasteiger partial charge in [0.2, 0.25) is 0 Å². The summed E-state index contributed by atoms with van der Waals surface area (Å²) in [7, 11) is 0. The van der Waals surface area contributed by atoms with Gasteiger partial charge in [-0.1, -0.05) is 30.1 Å². The lowest BCUT2D eigenvalue weighted by Crippen LogP contribution is -1.93. The van der Waals surface area contributed by atoms with E-state index in [0.29, 0.717) is 21.5 Å². The van der Waals surface area contributed by atoms with E-state index in [-0.39, 0.29) is 5.69 Å². The molecule has 0 radical (unpaired) electrons. The molecule has 0 spiro atoms. The van der Waals surface area contributed by atoms with Gasteiger partial charge in [-0.25, -0.2) is 4.98 Å². The molecule has 0 saturated carbocycles. The van der Waals surface area contributed by atoms with E-state index in [9.17, 15) is 5.26 Å². The third kappa shape index (κ3) is 4.28. The normalized spacial score (nSPS) is 10.2. The SMILES string of the molecule is CCCSc1ccc(Oc2ccc(Cl)c(Cl)c2)c(C#N)n1. The number of ether oxygens (including phenoxy) is 1. The monoisotopic (exact) mass is 338 g/mol. The molecule has 6 heteroatoms. The van der Waals surface area contributed by atoms with Crippen LogP contribution in [0.3, 0.4) is 0 Å². The first-order chi connectivity index (χ1) is 10.1. The van der Waals surface area contributed by atoms with Crippen molar-refractivity contribution >= 4 is 35.0 Å². The summed E-state index contributed by atoms with van der Waals surface area (Å²) in [5.74, 6) is 1.87. The van der Waals surface area contributed by atoms with Crippen LogP contribution in [0, 0.1) is 11.3 Å². The maximum Gasteiger partial charge on any atom is 0.184 e. The van der Waals surface area contributed by atoms with Crippen molar-refractivity contribution in [1.82, 2.24) is 4.98 Å². The van der Waals surface area contributed by atoms with Crippen LogP contribution in [0.4, 0.5) is 0 Å². The number of benzene rings is 1. The molecule has 21 heavy (non-hydrogen) atoms. The lowest BCUT2D eigenvalue weighted by molar-refractivity contribution is 0.477. The van der Waals surface area contributed by atoms with E-state index in [0.717, 1.165) is 17.2 Å². The summed E-state index contributed by atoms with van der Waals surface area (Å²) in [6.07, 6.45) is 1.05. The summed E-state index contributed by atoms with van der Waals surface area (Å²) in [5, 5.41) is 10.9. The highest BCUT2D eigenvalue weighted by molar-refractivity contribution is 7.99. The maximum absolute atomic E-state index is 9.20. The number of hydrogen-bond donors (Lipinski definition) is 0. The Morgan fingerprint density at radius 3 is 2.71 bits per heavy atom. The summed E-state index contributed by atoms with van der Waals surface area (Å²) >= 11 is 13.4. The van der Waals surface area contributed by atoms with Crippen LogP contribution in [0.15, 0.2) is 35.4 Å². The summed E-state index contributed by atoms with van der Waals surface area (Å²) in [6.45, 7) is 2.10. The smallest absolute Gasteiger partial charge is 0.184 e. The van der Waals surface area contributed by atoms with Crippen LogP contribution in [-0.4, -0.2) is 10.7 Å². The van der Waals surface area contributed by atoms with E-state index < -0.39 is 0 Å². The summed E-state index contributed by atoms with van der Waals surface area (Å²) in [4.78, 5) is 4.28. The quantitative estimate of drug-likeness (QED) is 0.670. The molecule has 1 heterocycles. The molecule has 1 aromatic carbocycles. The fraction of sp³-hybridized carbons (Fsp3) is 0.200. The summed E-state index contributed by atoms with van der Waals surface area (Å²) in [6, 6.07) is 10.6. The molecule has 0 amide bonds. The number of halogens is 2. The van der Waals surface area contributed by atoms with Crippen molar-refractivity contribution < 1.29 is 4.74 Å². The number of hydrogen-bond acceptors (Lipinski definition) is 4. The number of nitriles is 1. The Balaban J connectivity index is 2.23. The number of nitrogens with zero attached hydrogens (tertiary/aromatic N) is 2. The minimum atomic E-state index is 0.252. The fourth-order valence-corrected chi connectivity index (χ4v) is 2.57. The highest BCUT2D eigenvalue weighted by atomic mass is 35.5. The molecule has 3 nitrogen and oxygen atoms in total. The van der Waals surface area contributed by atoms with Gasteiger partial charge in [0.05, 0.1) is 15.1 Å². The van der Waals surface area contributed by atoms with Crippen molar-refractivity contribution in [3.05, 3.63) is 46.1 Å². The molecule has 2 aromatic rings. The maximum atomic E-state index is 9.20. The van der Waals surface area contributed by atoms with Crippen molar-refractivity contribution in [2.75, 3.05) is 5.75 Å². The van der Waals surface area contributed by atoms with Gasteiger partial charge in [-0.15, -0.1) is 11.8 Å². The number of pyridine rings is 1. The molecule has 0 unspecified atom stereocenters. The van der Waals surface area contributed by atoms with Gasteiger partial charge in [-0.2, -0.15) is 5.26 Å². The zero-order valence-corrected chi connectivity index (χ0v) is 13.6. The molecular weight excluding hydrogens is 327 g/mol. The highest BCUT2D eigenvalue weighted by Gasteiger charge is 2.09. The molecule has 0 bridgehead atoms. The minimum Gasteiger partial charge on any atom is -0.454 e. The number of rotatable bonds is 5. The average Bonchev–Trinajstić information content (AvgIpc) is 2.50. The molecule has 0 aliphatic carbocycles. The predicted molar refractivity (Wildman–Crippen MR) is 86.5 cm³/mol. The largest absolute Gasteiger partial charge is 0.454 e.